The highest BCUT2D eigenvalue weighted by atomic mass is 16.5. The van der Waals surface area contributed by atoms with Crippen molar-refractivity contribution in [2.75, 3.05) is 6.61 Å². The van der Waals surface area contributed by atoms with Crippen LogP contribution < -0.4 is 4.74 Å². The number of fused-ring (bicyclic) bond motifs is 1. The van der Waals surface area contributed by atoms with Gasteiger partial charge >= 0.3 is 0 Å². The molecule has 0 amide bonds. The van der Waals surface area contributed by atoms with Gasteiger partial charge in [0.2, 0.25) is 0 Å². The van der Waals surface area contributed by atoms with E-state index in [1.807, 2.05) is 0 Å². The number of rotatable bonds is 16. The Labute approximate surface area is 251 Å². The van der Waals surface area contributed by atoms with Crippen molar-refractivity contribution in [2.24, 2.45) is 5.92 Å². The third kappa shape index (κ3) is 10.9. The van der Waals surface area contributed by atoms with E-state index in [0.29, 0.717) is 0 Å². The van der Waals surface area contributed by atoms with E-state index in [1.54, 1.807) is 0 Å². The first-order chi connectivity index (χ1) is 20.2. The van der Waals surface area contributed by atoms with Crippen LogP contribution in [0.1, 0.15) is 146 Å². The number of ether oxygens (including phenoxy) is 1. The van der Waals surface area contributed by atoms with Crippen molar-refractivity contribution in [3.63, 3.8) is 0 Å². The van der Waals surface area contributed by atoms with E-state index in [2.05, 4.69) is 86.4 Å². The Bertz CT molecular complexity index is 1200. The Morgan fingerprint density at radius 2 is 1.17 bits per heavy atom. The maximum atomic E-state index is 5.99. The first-order valence-electron chi connectivity index (χ1n) is 17.0. The summed E-state index contributed by atoms with van der Waals surface area (Å²) in [5.41, 5.74) is 3.67. The molecule has 1 saturated carbocycles. The molecule has 220 valence electrons. The van der Waals surface area contributed by atoms with Crippen molar-refractivity contribution in [3.05, 3.63) is 77.4 Å². The molecular weight excluding hydrogens is 496 g/mol. The lowest BCUT2D eigenvalue weighted by Gasteiger charge is -2.29. The molecule has 0 aromatic heterocycles. The molecule has 1 aliphatic carbocycles. The average molecular weight is 551 g/mol. The molecular formula is C40H54O. The van der Waals surface area contributed by atoms with Crippen LogP contribution in [0.15, 0.2) is 60.7 Å². The lowest BCUT2D eigenvalue weighted by molar-refractivity contribution is 0.302. The molecule has 41 heavy (non-hydrogen) atoms. The Morgan fingerprint density at radius 3 is 1.90 bits per heavy atom. The second-order valence-electron chi connectivity index (χ2n) is 12.5. The quantitative estimate of drug-likeness (QED) is 0.127. The second-order valence-corrected chi connectivity index (χ2v) is 12.5. The summed E-state index contributed by atoms with van der Waals surface area (Å²) < 4.78 is 5.99. The van der Waals surface area contributed by atoms with Crippen molar-refractivity contribution in [3.8, 4) is 17.6 Å². The Morgan fingerprint density at radius 1 is 0.585 bits per heavy atom. The molecule has 0 saturated heterocycles. The van der Waals surface area contributed by atoms with Crippen LogP contribution in [0.5, 0.6) is 5.75 Å². The summed E-state index contributed by atoms with van der Waals surface area (Å²) in [4.78, 5) is 0. The van der Waals surface area contributed by atoms with Gasteiger partial charge in [0.05, 0.1) is 6.61 Å². The molecule has 1 fully saturated rings. The fourth-order valence-electron chi connectivity index (χ4n) is 6.44. The van der Waals surface area contributed by atoms with Gasteiger partial charge in [-0.1, -0.05) is 127 Å². The Balaban J connectivity index is 1.20. The number of benzene rings is 3. The van der Waals surface area contributed by atoms with Crippen LogP contribution in [0.25, 0.3) is 10.8 Å². The SMILES string of the molecule is CCCCCCCCC[C@H]1CC[C@H](c2ccc(C#Cc3ccc4cc(OCCCCCCC)ccc4c3)cc2)CC1. The van der Waals surface area contributed by atoms with Crippen LogP contribution >= 0.6 is 0 Å². The number of hydrogen-bond donors (Lipinski definition) is 0. The van der Waals surface area contributed by atoms with Gasteiger partial charge in [0.15, 0.2) is 0 Å². The molecule has 0 heterocycles. The van der Waals surface area contributed by atoms with Gasteiger partial charge in [0.1, 0.15) is 5.75 Å². The van der Waals surface area contributed by atoms with Gasteiger partial charge in [-0.15, -0.1) is 0 Å². The molecule has 1 nitrogen and oxygen atoms in total. The van der Waals surface area contributed by atoms with Crippen LogP contribution in [-0.2, 0) is 0 Å². The zero-order valence-corrected chi connectivity index (χ0v) is 26.1. The van der Waals surface area contributed by atoms with Gasteiger partial charge in [0, 0.05) is 11.1 Å². The molecule has 0 aliphatic heterocycles. The van der Waals surface area contributed by atoms with Gasteiger partial charge in [0.25, 0.3) is 0 Å². The summed E-state index contributed by atoms with van der Waals surface area (Å²) in [5.74, 6) is 9.45. The molecule has 0 bridgehead atoms. The first-order valence-corrected chi connectivity index (χ1v) is 17.0. The van der Waals surface area contributed by atoms with Crippen LogP contribution in [-0.4, -0.2) is 6.61 Å². The predicted molar refractivity (Wildman–Crippen MR) is 178 cm³/mol. The topological polar surface area (TPSA) is 9.23 Å². The van der Waals surface area contributed by atoms with E-state index in [0.717, 1.165) is 41.7 Å². The average Bonchev–Trinajstić information content (AvgIpc) is 3.02. The number of hydrogen-bond acceptors (Lipinski definition) is 1. The normalized spacial score (nSPS) is 16.8. The maximum absolute atomic E-state index is 5.99. The lowest BCUT2D eigenvalue weighted by atomic mass is 9.77. The van der Waals surface area contributed by atoms with Crippen LogP contribution in [0.2, 0.25) is 0 Å². The van der Waals surface area contributed by atoms with Gasteiger partial charge in [-0.05, 0) is 96.7 Å². The monoisotopic (exact) mass is 550 g/mol. The Kier molecular flexibility index (Phi) is 13.7. The lowest BCUT2D eigenvalue weighted by Crippen LogP contribution is -2.13. The molecule has 3 aromatic carbocycles. The van der Waals surface area contributed by atoms with Gasteiger partial charge in [-0.3, -0.25) is 0 Å². The van der Waals surface area contributed by atoms with E-state index >= 15 is 0 Å². The van der Waals surface area contributed by atoms with Crippen molar-refractivity contribution in [1.82, 2.24) is 0 Å². The molecule has 0 radical (unpaired) electrons. The van der Waals surface area contributed by atoms with Gasteiger partial charge < -0.3 is 4.74 Å². The number of unbranched alkanes of at least 4 members (excludes halogenated alkanes) is 10. The van der Waals surface area contributed by atoms with Crippen molar-refractivity contribution < 1.29 is 4.74 Å². The molecule has 1 heteroatoms. The van der Waals surface area contributed by atoms with E-state index < -0.39 is 0 Å². The fraction of sp³-hybridized carbons (Fsp3) is 0.550. The highest BCUT2D eigenvalue weighted by Gasteiger charge is 2.22. The van der Waals surface area contributed by atoms with E-state index in [4.69, 9.17) is 4.74 Å². The first kappa shape index (κ1) is 31.2. The minimum Gasteiger partial charge on any atom is -0.494 e. The minimum atomic E-state index is 0.734. The van der Waals surface area contributed by atoms with Gasteiger partial charge in [-0.25, -0.2) is 0 Å². The highest BCUT2D eigenvalue weighted by molar-refractivity contribution is 5.85. The smallest absolute Gasteiger partial charge is 0.119 e. The molecule has 1 aliphatic rings. The second kappa shape index (κ2) is 18.0. The summed E-state index contributed by atoms with van der Waals surface area (Å²) >= 11 is 0. The zero-order chi connectivity index (χ0) is 28.5. The summed E-state index contributed by atoms with van der Waals surface area (Å²) in [6.07, 6.45) is 23.3. The van der Waals surface area contributed by atoms with E-state index in [1.165, 1.54) is 119 Å². The Hall–Kier alpha value is -2.72. The maximum Gasteiger partial charge on any atom is 0.119 e. The molecule has 0 N–H and O–H groups in total. The highest BCUT2D eigenvalue weighted by Crippen LogP contribution is 2.37. The van der Waals surface area contributed by atoms with Crippen molar-refractivity contribution >= 4 is 10.8 Å². The molecule has 0 atom stereocenters. The van der Waals surface area contributed by atoms with E-state index in [9.17, 15) is 0 Å². The summed E-state index contributed by atoms with van der Waals surface area (Å²) in [6, 6.07) is 22.0. The predicted octanol–water partition coefficient (Wildman–Crippen LogP) is 12.0. The summed E-state index contributed by atoms with van der Waals surface area (Å²) in [5, 5.41) is 2.42. The minimum absolute atomic E-state index is 0.734. The molecule has 0 spiro atoms. The zero-order valence-electron chi connectivity index (χ0n) is 26.1. The van der Waals surface area contributed by atoms with Crippen molar-refractivity contribution in [2.45, 2.75) is 129 Å². The standard InChI is InChI=1S/C40H54O/c1-3-5-7-9-10-11-13-15-33-18-23-36(24-19-33)37-25-20-34(21-26-37)16-17-35-22-27-39-32-40(29-28-38(39)31-35)41-30-14-12-8-6-4-2/h20-22,25-29,31-33,36H,3-15,18-19,23-24,30H2,1-2H3/t33-,36-. The molecule has 3 aromatic rings. The third-order valence-corrected chi connectivity index (χ3v) is 9.12. The van der Waals surface area contributed by atoms with Crippen LogP contribution in [0.3, 0.4) is 0 Å². The van der Waals surface area contributed by atoms with Crippen molar-refractivity contribution in [1.29, 1.82) is 0 Å². The third-order valence-electron chi connectivity index (χ3n) is 9.12. The van der Waals surface area contributed by atoms with Crippen LogP contribution in [0.4, 0.5) is 0 Å². The van der Waals surface area contributed by atoms with Gasteiger partial charge in [-0.2, -0.15) is 0 Å². The fourth-order valence-corrected chi connectivity index (χ4v) is 6.44. The molecule has 4 rings (SSSR count). The molecule has 0 unspecified atom stereocenters. The van der Waals surface area contributed by atoms with Crippen LogP contribution in [0, 0.1) is 17.8 Å². The summed E-state index contributed by atoms with van der Waals surface area (Å²) in [6.45, 7) is 5.36. The van der Waals surface area contributed by atoms with E-state index in [-0.39, 0.29) is 0 Å². The largest absolute Gasteiger partial charge is 0.494 e. The summed E-state index contributed by atoms with van der Waals surface area (Å²) in [7, 11) is 0.